The van der Waals surface area contributed by atoms with Gasteiger partial charge in [0.2, 0.25) is 0 Å². The Balaban J connectivity index is 2.44. The summed E-state index contributed by atoms with van der Waals surface area (Å²) in [7, 11) is 0. The summed E-state index contributed by atoms with van der Waals surface area (Å²) in [4.78, 5) is 1.22. The minimum atomic E-state index is 0.00426. The molecule has 0 saturated carbocycles. The van der Waals surface area contributed by atoms with E-state index in [2.05, 4.69) is 24.1 Å². The average Bonchev–Trinajstić information content (AvgIpc) is 2.59. The molecule has 1 atom stereocenters. The largest absolute Gasteiger partial charge is 0.320 e. The second-order valence-electron chi connectivity index (χ2n) is 3.12. The first-order valence-corrected chi connectivity index (χ1v) is 5.76. The van der Waals surface area contributed by atoms with Crippen molar-refractivity contribution >= 4 is 32.1 Å². The third-order valence-electron chi connectivity index (χ3n) is 2.00. The zero-order valence-corrected chi connectivity index (χ0v) is 9.04. The lowest BCUT2D eigenvalue weighted by Gasteiger charge is -2.07. The molecular weight excluding hydrogens is 198 g/mol. The second kappa shape index (κ2) is 3.25. The van der Waals surface area contributed by atoms with Crippen molar-refractivity contribution in [1.29, 1.82) is 0 Å². The van der Waals surface area contributed by atoms with Crippen LogP contribution in [0.15, 0.2) is 29.7 Å². The quantitative estimate of drug-likeness (QED) is 0.752. The van der Waals surface area contributed by atoms with E-state index < -0.39 is 0 Å². The highest BCUT2D eigenvalue weighted by atomic mass is 32.1. The van der Waals surface area contributed by atoms with Gasteiger partial charge in [-0.1, -0.05) is 12.2 Å². The van der Waals surface area contributed by atoms with Gasteiger partial charge in [0.15, 0.2) is 0 Å². The molecule has 68 valence electrons. The van der Waals surface area contributed by atoms with E-state index in [4.69, 9.17) is 5.73 Å². The number of thiophene rings is 2. The van der Waals surface area contributed by atoms with E-state index in [9.17, 15) is 0 Å². The summed E-state index contributed by atoms with van der Waals surface area (Å²) in [6.45, 7) is 5.84. The monoisotopic (exact) mass is 209 g/mol. The molecule has 1 nitrogen and oxygen atoms in total. The zero-order valence-electron chi connectivity index (χ0n) is 7.41. The van der Waals surface area contributed by atoms with Crippen molar-refractivity contribution in [2.75, 3.05) is 0 Å². The van der Waals surface area contributed by atoms with Crippen LogP contribution in [0.2, 0.25) is 0 Å². The van der Waals surface area contributed by atoms with Gasteiger partial charge in [-0.15, -0.1) is 22.7 Å². The van der Waals surface area contributed by atoms with E-state index >= 15 is 0 Å². The highest BCUT2D eigenvalue weighted by molar-refractivity contribution is 7.26. The Kier molecular flexibility index (Phi) is 2.24. The Morgan fingerprint density at radius 1 is 1.54 bits per heavy atom. The van der Waals surface area contributed by atoms with E-state index in [1.54, 1.807) is 22.7 Å². The molecule has 0 saturated heterocycles. The molecule has 2 rings (SSSR count). The average molecular weight is 209 g/mol. The molecule has 0 bridgehead atoms. The fourth-order valence-electron chi connectivity index (χ4n) is 1.18. The molecule has 0 radical (unpaired) electrons. The number of fused-ring (bicyclic) bond motifs is 1. The summed E-state index contributed by atoms with van der Waals surface area (Å²) in [6, 6.07) is 4.31. The number of hydrogen-bond donors (Lipinski definition) is 1. The minimum Gasteiger partial charge on any atom is -0.320 e. The third-order valence-corrected chi connectivity index (χ3v) is 4.17. The first kappa shape index (κ1) is 8.94. The molecule has 2 heterocycles. The van der Waals surface area contributed by atoms with Crippen LogP contribution in [0, 0.1) is 0 Å². The van der Waals surface area contributed by atoms with Gasteiger partial charge in [0.25, 0.3) is 0 Å². The van der Waals surface area contributed by atoms with Gasteiger partial charge in [-0.3, -0.25) is 0 Å². The van der Waals surface area contributed by atoms with Gasteiger partial charge in [0.05, 0.1) is 6.04 Å². The molecule has 0 amide bonds. The fraction of sp³-hybridized carbons (Fsp3) is 0.200. The first-order chi connectivity index (χ1) is 6.18. The van der Waals surface area contributed by atoms with E-state index in [0.717, 1.165) is 5.57 Å². The Bertz CT molecular complexity index is 410. The summed E-state index contributed by atoms with van der Waals surface area (Å²) < 4.78 is 2.66. The van der Waals surface area contributed by atoms with E-state index in [1.165, 1.54) is 14.3 Å². The van der Waals surface area contributed by atoms with Crippen LogP contribution >= 0.6 is 22.7 Å². The van der Waals surface area contributed by atoms with Crippen LogP contribution in [0.3, 0.4) is 0 Å². The highest BCUT2D eigenvalue weighted by Crippen LogP contribution is 2.34. The van der Waals surface area contributed by atoms with Gasteiger partial charge >= 0.3 is 0 Å². The molecule has 1 unspecified atom stereocenters. The molecule has 0 aliphatic carbocycles. The number of nitrogens with two attached hydrogens (primary N) is 1. The van der Waals surface area contributed by atoms with Gasteiger partial charge < -0.3 is 5.73 Å². The van der Waals surface area contributed by atoms with Crippen molar-refractivity contribution in [3.63, 3.8) is 0 Å². The summed E-state index contributed by atoms with van der Waals surface area (Å²) in [5.41, 5.74) is 7.00. The van der Waals surface area contributed by atoms with Gasteiger partial charge in [0.1, 0.15) is 0 Å². The maximum atomic E-state index is 5.98. The third kappa shape index (κ3) is 1.55. The number of hydrogen-bond acceptors (Lipinski definition) is 3. The number of rotatable bonds is 2. The van der Waals surface area contributed by atoms with Crippen molar-refractivity contribution in [1.82, 2.24) is 0 Å². The summed E-state index contributed by atoms with van der Waals surface area (Å²) in [6.07, 6.45) is 0. The molecular formula is C10H11NS2. The predicted molar refractivity (Wildman–Crippen MR) is 61.4 cm³/mol. The smallest absolute Gasteiger partial charge is 0.0600 e. The molecule has 0 aliphatic rings. The van der Waals surface area contributed by atoms with Crippen LogP contribution in [0.1, 0.15) is 17.8 Å². The molecule has 0 fully saturated rings. The van der Waals surface area contributed by atoms with E-state index in [-0.39, 0.29) is 6.04 Å². The maximum Gasteiger partial charge on any atom is 0.0600 e. The molecule has 0 spiro atoms. The van der Waals surface area contributed by atoms with Gasteiger partial charge in [-0.25, -0.2) is 0 Å². The van der Waals surface area contributed by atoms with Crippen molar-refractivity contribution in [3.8, 4) is 0 Å². The van der Waals surface area contributed by atoms with Crippen molar-refractivity contribution in [2.45, 2.75) is 13.0 Å². The lowest BCUT2D eigenvalue weighted by Crippen LogP contribution is -2.08. The van der Waals surface area contributed by atoms with E-state index in [0.29, 0.717) is 0 Å². The van der Waals surface area contributed by atoms with Crippen molar-refractivity contribution in [2.24, 2.45) is 5.73 Å². The molecule has 0 aromatic carbocycles. The lowest BCUT2D eigenvalue weighted by atomic mass is 10.1. The Morgan fingerprint density at radius 2 is 2.31 bits per heavy atom. The fourth-order valence-corrected chi connectivity index (χ4v) is 3.40. The predicted octanol–water partition coefficient (Wildman–Crippen LogP) is 3.54. The van der Waals surface area contributed by atoms with Crippen LogP contribution in [0.4, 0.5) is 0 Å². The van der Waals surface area contributed by atoms with Gasteiger partial charge in [0, 0.05) is 14.3 Å². The van der Waals surface area contributed by atoms with Crippen LogP contribution in [0.5, 0.6) is 0 Å². The highest BCUT2D eigenvalue weighted by Gasteiger charge is 2.10. The maximum absolute atomic E-state index is 5.98. The SMILES string of the molecule is C=C(C)C(N)c1cc2sccc2s1. The Hall–Kier alpha value is -0.640. The molecule has 0 aliphatic heterocycles. The standard InChI is InChI=1S/C10H11NS2/c1-6(2)10(11)9-5-8-7(13-9)3-4-12-8/h3-5,10H,1,11H2,2H3. The summed E-state index contributed by atoms with van der Waals surface area (Å²) >= 11 is 3.53. The summed E-state index contributed by atoms with van der Waals surface area (Å²) in [5, 5.41) is 2.11. The van der Waals surface area contributed by atoms with Crippen molar-refractivity contribution in [3.05, 3.63) is 34.5 Å². The normalized spacial score (nSPS) is 13.4. The minimum absolute atomic E-state index is 0.00426. The van der Waals surface area contributed by atoms with Gasteiger partial charge in [-0.05, 0) is 24.4 Å². The van der Waals surface area contributed by atoms with Crippen LogP contribution in [0.25, 0.3) is 9.40 Å². The van der Waals surface area contributed by atoms with Crippen molar-refractivity contribution < 1.29 is 0 Å². The molecule has 13 heavy (non-hydrogen) atoms. The second-order valence-corrected chi connectivity index (χ2v) is 5.18. The Labute approximate surface area is 85.5 Å². The van der Waals surface area contributed by atoms with Gasteiger partial charge in [-0.2, -0.15) is 0 Å². The first-order valence-electron chi connectivity index (χ1n) is 4.06. The van der Waals surface area contributed by atoms with Crippen LogP contribution in [-0.4, -0.2) is 0 Å². The molecule has 2 aromatic rings. The topological polar surface area (TPSA) is 26.0 Å². The zero-order chi connectivity index (χ0) is 9.42. The summed E-state index contributed by atoms with van der Waals surface area (Å²) in [5.74, 6) is 0. The molecule has 3 heteroatoms. The molecule has 2 aromatic heterocycles. The lowest BCUT2D eigenvalue weighted by molar-refractivity contribution is 0.872. The molecule has 2 N–H and O–H groups in total. The Morgan fingerprint density at radius 3 is 2.92 bits per heavy atom. The van der Waals surface area contributed by atoms with Crippen LogP contribution in [-0.2, 0) is 0 Å². The van der Waals surface area contributed by atoms with Crippen LogP contribution < -0.4 is 5.73 Å². The van der Waals surface area contributed by atoms with E-state index in [1.807, 2.05) is 6.92 Å².